The Balaban J connectivity index is 1.56. The maximum Gasteiger partial charge on any atom is 0.317 e. The highest BCUT2D eigenvalue weighted by Gasteiger charge is 2.27. The van der Waals surface area contributed by atoms with Crippen LogP contribution in [0.3, 0.4) is 0 Å². The van der Waals surface area contributed by atoms with E-state index in [-0.39, 0.29) is 23.7 Å². The van der Waals surface area contributed by atoms with E-state index in [0.29, 0.717) is 34.2 Å². The van der Waals surface area contributed by atoms with E-state index in [4.69, 9.17) is 9.47 Å². The van der Waals surface area contributed by atoms with Crippen molar-refractivity contribution in [1.82, 2.24) is 4.31 Å². The molecule has 0 saturated carbocycles. The SMILES string of the molecule is Cc1ccc(S(=O)(=O)N2CCOCC2)cc1NC(=O)COC(=O)CSc1cccc[n+]1[O-]. The highest BCUT2D eigenvalue weighted by atomic mass is 32.2. The van der Waals surface area contributed by atoms with Crippen molar-refractivity contribution in [3.8, 4) is 0 Å². The number of pyridine rings is 1. The van der Waals surface area contributed by atoms with E-state index in [2.05, 4.69) is 5.32 Å². The summed E-state index contributed by atoms with van der Waals surface area (Å²) in [5, 5.41) is 14.5. The molecule has 1 aliphatic rings. The van der Waals surface area contributed by atoms with Crippen LogP contribution in [0.2, 0.25) is 0 Å². The van der Waals surface area contributed by atoms with Gasteiger partial charge in [0.25, 0.3) is 10.9 Å². The fourth-order valence-corrected chi connectivity index (χ4v) is 5.01. The molecule has 0 radical (unpaired) electrons. The third-order valence-electron chi connectivity index (χ3n) is 4.58. The zero-order chi connectivity index (χ0) is 23.1. The highest BCUT2D eigenvalue weighted by Crippen LogP contribution is 2.23. The lowest BCUT2D eigenvalue weighted by atomic mass is 10.2. The van der Waals surface area contributed by atoms with Crippen LogP contribution < -0.4 is 10.0 Å². The van der Waals surface area contributed by atoms with Crippen LogP contribution in [0.5, 0.6) is 0 Å². The van der Waals surface area contributed by atoms with Crippen molar-refractivity contribution in [3.63, 3.8) is 0 Å². The molecule has 3 rings (SSSR count). The van der Waals surface area contributed by atoms with E-state index in [1.54, 1.807) is 31.2 Å². The van der Waals surface area contributed by atoms with Crippen LogP contribution in [-0.2, 0) is 29.1 Å². The first-order valence-corrected chi connectivity index (χ1v) is 12.1. The largest absolute Gasteiger partial charge is 0.618 e. The third-order valence-corrected chi connectivity index (χ3v) is 7.47. The molecule has 1 fully saturated rings. The number of hydrogen-bond donors (Lipinski definition) is 1. The van der Waals surface area contributed by atoms with E-state index in [9.17, 15) is 23.2 Å². The molecule has 1 N–H and O–H groups in total. The number of hydrogen-bond acceptors (Lipinski definition) is 8. The molecule has 0 aliphatic carbocycles. The second-order valence-electron chi connectivity index (χ2n) is 6.86. The molecule has 12 heteroatoms. The summed E-state index contributed by atoms with van der Waals surface area (Å²) in [5.41, 5.74) is 0.969. The van der Waals surface area contributed by atoms with E-state index < -0.39 is 28.5 Å². The van der Waals surface area contributed by atoms with Gasteiger partial charge < -0.3 is 20.0 Å². The summed E-state index contributed by atoms with van der Waals surface area (Å²) in [6.45, 7) is 2.38. The number of rotatable bonds is 8. The minimum atomic E-state index is -3.71. The average molecular weight is 482 g/mol. The quantitative estimate of drug-likeness (QED) is 0.255. The average Bonchev–Trinajstić information content (AvgIpc) is 2.79. The van der Waals surface area contributed by atoms with Gasteiger partial charge in [-0.3, -0.25) is 9.59 Å². The number of carbonyl (C=O) groups excluding carboxylic acids is 2. The summed E-state index contributed by atoms with van der Waals surface area (Å²) in [7, 11) is -3.71. The van der Waals surface area contributed by atoms with E-state index >= 15 is 0 Å². The van der Waals surface area contributed by atoms with Crippen molar-refractivity contribution in [2.45, 2.75) is 16.8 Å². The van der Waals surface area contributed by atoms with Crippen molar-refractivity contribution in [3.05, 3.63) is 53.4 Å². The van der Waals surface area contributed by atoms with Crippen molar-refractivity contribution in [2.24, 2.45) is 0 Å². The van der Waals surface area contributed by atoms with Gasteiger partial charge in [-0.1, -0.05) is 6.07 Å². The summed E-state index contributed by atoms with van der Waals surface area (Å²) < 4.78 is 37.8. The number of carbonyl (C=O) groups is 2. The zero-order valence-corrected chi connectivity index (χ0v) is 19.0. The number of benzene rings is 1. The number of anilines is 1. The summed E-state index contributed by atoms with van der Waals surface area (Å²) in [4.78, 5) is 24.2. The Morgan fingerprint density at radius 3 is 2.72 bits per heavy atom. The van der Waals surface area contributed by atoms with Crippen molar-refractivity contribution < 1.29 is 32.2 Å². The predicted molar refractivity (Wildman–Crippen MR) is 116 cm³/mol. The van der Waals surface area contributed by atoms with Crippen LogP contribution in [0.1, 0.15) is 5.56 Å². The summed E-state index contributed by atoms with van der Waals surface area (Å²) in [6, 6.07) is 9.28. The Hall–Kier alpha value is -2.67. The maximum atomic E-state index is 12.8. The van der Waals surface area contributed by atoms with Gasteiger partial charge in [0.15, 0.2) is 12.8 Å². The minimum absolute atomic E-state index is 0.0578. The molecule has 10 nitrogen and oxygen atoms in total. The first-order valence-electron chi connectivity index (χ1n) is 9.72. The lowest BCUT2D eigenvalue weighted by molar-refractivity contribution is -0.645. The Morgan fingerprint density at radius 1 is 1.25 bits per heavy atom. The number of nitrogens with one attached hydrogen (secondary N) is 1. The Bertz CT molecular complexity index is 1090. The molecule has 0 unspecified atom stereocenters. The number of ether oxygens (including phenoxy) is 2. The first-order chi connectivity index (χ1) is 15.3. The molecule has 1 aromatic carbocycles. The number of thioether (sulfide) groups is 1. The molecule has 0 bridgehead atoms. The minimum Gasteiger partial charge on any atom is -0.618 e. The molecule has 32 heavy (non-hydrogen) atoms. The summed E-state index contributed by atoms with van der Waals surface area (Å²) >= 11 is 0.995. The Kier molecular flexibility index (Phi) is 8.07. The van der Waals surface area contributed by atoms with Crippen LogP contribution in [0.4, 0.5) is 5.69 Å². The topological polar surface area (TPSA) is 129 Å². The molecule has 0 spiro atoms. The van der Waals surface area contributed by atoms with Gasteiger partial charge in [-0.2, -0.15) is 9.04 Å². The number of esters is 1. The van der Waals surface area contributed by atoms with E-state index in [0.717, 1.165) is 11.8 Å². The monoisotopic (exact) mass is 481 g/mol. The molecule has 0 atom stereocenters. The number of sulfonamides is 1. The van der Waals surface area contributed by atoms with Crippen molar-refractivity contribution in [2.75, 3.05) is 44.0 Å². The molecular weight excluding hydrogens is 458 g/mol. The van der Waals surface area contributed by atoms with Gasteiger partial charge in [-0.05, 0) is 42.4 Å². The smallest absolute Gasteiger partial charge is 0.317 e. The Labute approximate surface area is 190 Å². The number of aromatic nitrogens is 1. The van der Waals surface area contributed by atoms with Crippen LogP contribution in [-0.4, -0.2) is 63.3 Å². The van der Waals surface area contributed by atoms with Crippen LogP contribution in [0.15, 0.2) is 52.5 Å². The van der Waals surface area contributed by atoms with Gasteiger partial charge in [-0.25, -0.2) is 8.42 Å². The molecule has 2 aromatic rings. The first kappa shape index (κ1) is 24.0. The standard InChI is InChI=1S/C20H23N3O7S2/c1-15-5-6-16(32(27,28)22-8-10-29-11-9-22)12-17(15)21-18(24)13-30-20(25)14-31-19-4-2-3-7-23(19)26/h2-7,12H,8-11,13-14H2,1H3,(H,21,24). The third kappa shape index (κ3) is 6.19. The predicted octanol–water partition coefficient (Wildman–Crippen LogP) is 0.923. The van der Waals surface area contributed by atoms with Gasteiger partial charge in [0.1, 0.15) is 5.75 Å². The van der Waals surface area contributed by atoms with Gasteiger partial charge in [-0.15, -0.1) is 0 Å². The van der Waals surface area contributed by atoms with Gasteiger partial charge in [0.2, 0.25) is 10.0 Å². The molecule has 2 heterocycles. The maximum absolute atomic E-state index is 12.8. The molecule has 1 aliphatic heterocycles. The fourth-order valence-electron chi connectivity index (χ4n) is 2.86. The van der Waals surface area contributed by atoms with Crippen molar-refractivity contribution in [1.29, 1.82) is 0 Å². The normalized spacial score (nSPS) is 14.7. The number of amides is 1. The summed E-state index contributed by atoms with van der Waals surface area (Å²) in [6.07, 6.45) is 1.32. The molecule has 172 valence electrons. The Morgan fingerprint density at radius 2 is 2.00 bits per heavy atom. The highest BCUT2D eigenvalue weighted by molar-refractivity contribution is 7.99. The van der Waals surface area contributed by atoms with Gasteiger partial charge in [0.05, 0.1) is 18.1 Å². The van der Waals surface area contributed by atoms with Crippen molar-refractivity contribution >= 4 is 39.3 Å². The number of morpholine rings is 1. The van der Waals surface area contributed by atoms with Gasteiger partial charge >= 0.3 is 5.97 Å². The second-order valence-corrected chi connectivity index (χ2v) is 9.79. The number of aryl methyl sites for hydroxylation is 1. The molecular formula is C20H23N3O7S2. The molecule has 1 saturated heterocycles. The molecule has 1 amide bonds. The van der Waals surface area contributed by atoms with Crippen LogP contribution >= 0.6 is 11.8 Å². The lowest BCUT2D eigenvalue weighted by Crippen LogP contribution is -2.40. The van der Waals surface area contributed by atoms with Crippen LogP contribution in [0.25, 0.3) is 0 Å². The molecule has 1 aromatic heterocycles. The van der Waals surface area contributed by atoms with E-state index in [1.807, 2.05) is 0 Å². The fraction of sp³-hybridized carbons (Fsp3) is 0.350. The lowest BCUT2D eigenvalue weighted by Gasteiger charge is -2.26. The summed E-state index contributed by atoms with van der Waals surface area (Å²) in [5.74, 6) is -1.40. The number of nitrogens with zero attached hydrogens (tertiary/aromatic N) is 2. The second kappa shape index (κ2) is 10.8. The van der Waals surface area contributed by atoms with E-state index in [1.165, 1.54) is 22.6 Å². The zero-order valence-electron chi connectivity index (χ0n) is 17.4. The van der Waals surface area contributed by atoms with Crippen LogP contribution in [0, 0.1) is 12.1 Å². The van der Waals surface area contributed by atoms with Gasteiger partial charge in [0, 0.05) is 30.9 Å².